The summed E-state index contributed by atoms with van der Waals surface area (Å²) in [6.45, 7) is 7.22. The summed E-state index contributed by atoms with van der Waals surface area (Å²) in [6, 6.07) is 22.3. The number of hydrogen-bond acceptors (Lipinski definition) is 6. The number of carbonyl (C=O) groups is 4. The van der Waals surface area contributed by atoms with Crippen molar-refractivity contribution in [2.45, 2.75) is 69.9 Å². The summed E-state index contributed by atoms with van der Waals surface area (Å²) in [5, 5.41) is 8.02. The lowest BCUT2D eigenvalue weighted by atomic mass is 9.79. The van der Waals surface area contributed by atoms with Gasteiger partial charge in [0.2, 0.25) is 17.7 Å². The van der Waals surface area contributed by atoms with Gasteiger partial charge in [-0.25, -0.2) is 4.90 Å². The fourth-order valence-corrected chi connectivity index (χ4v) is 6.84. The zero-order valence-corrected chi connectivity index (χ0v) is 27.3. The maximum Gasteiger partial charge on any atom is 0.247 e. The Kier molecular flexibility index (Phi) is 9.35. The lowest BCUT2D eigenvalue weighted by Crippen LogP contribution is -2.74. The standard InChI is InChI=1S/C35H42ClN5O4/c1-23(37-5)32(44)38-35(22-42,34(2,3)4)40-21-31(43)41-28(18-25-15-16-26-13-9-10-14-27(26)17-25)33(45)39(20-30(40)41)29(36)19-24-11-7-6-8-12-24/h6-17,22-23,28-30,37H,18-21H2,1-5H3,(H,38,44)/t23-,28-,29?,30+,35-/m0/s1. The van der Waals surface area contributed by atoms with Crippen LogP contribution >= 0.6 is 11.6 Å². The normalized spacial score (nSPS) is 21.7. The number of piperazine rings is 1. The molecule has 0 saturated carbocycles. The Morgan fingerprint density at radius 3 is 2.31 bits per heavy atom. The minimum Gasteiger partial charge on any atom is -0.330 e. The van der Waals surface area contributed by atoms with Crippen LogP contribution in [0.5, 0.6) is 0 Å². The van der Waals surface area contributed by atoms with Crippen molar-refractivity contribution >= 4 is 46.4 Å². The smallest absolute Gasteiger partial charge is 0.247 e. The lowest BCUT2D eigenvalue weighted by Gasteiger charge is -2.53. The third-order valence-corrected chi connectivity index (χ3v) is 9.66. The average Bonchev–Trinajstić information content (AvgIpc) is 3.36. The van der Waals surface area contributed by atoms with Gasteiger partial charge in [-0.2, -0.15) is 0 Å². The molecule has 2 N–H and O–H groups in total. The number of carbonyl (C=O) groups excluding carboxylic acids is 4. The van der Waals surface area contributed by atoms with Gasteiger partial charge in [-0.15, -0.1) is 0 Å². The topological polar surface area (TPSA) is 102 Å². The number of amides is 3. The first-order valence-corrected chi connectivity index (χ1v) is 15.8. The highest BCUT2D eigenvalue weighted by atomic mass is 35.5. The number of halogens is 1. The van der Waals surface area contributed by atoms with Crippen LogP contribution in [0.1, 0.15) is 38.8 Å². The van der Waals surface area contributed by atoms with E-state index in [0.717, 1.165) is 28.2 Å². The molecular formula is C35H42ClN5O4. The summed E-state index contributed by atoms with van der Waals surface area (Å²) in [5.74, 6) is -0.897. The SMILES string of the molecule is CN[C@@H](C)C(=O)N[C@@](C=O)(N1CC(=O)N2[C@@H](Cc3ccc4ccccc4c3)C(=O)N(C(Cl)Cc3ccccc3)C[C@@H]21)C(C)(C)C. The van der Waals surface area contributed by atoms with Gasteiger partial charge >= 0.3 is 0 Å². The Bertz CT molecular complexity index is 1580. The second kappa shape index (κ2) is 12.9. The van der Waals surface area contributed by atoms with Gasteiger partial charge in [0.05, 0.1) is 19.1 Å². The van der Waals surface area contributed by atoms with Gasteiger partial charge in [-0.05, 0) is 35.9 Å². The van der Waals surface area contributed by atoms with Crippen molar-refractivity contribution in [2.24, 2.45) is 5.41 Å². The van der Waals surface area contributed by atoms with E-state index in [0.29, 0.717) is 6.42 Å². The molecule has 3 aromatic rings. The third kappa shape index (κ3) is 6.21. The number of benzene rings is 3. The average molecular weight is 632 g/mol. The molecule has 2 saturated heterocycles. The summed E-state index contributed by atoms with van der Waals surface area (Å²) in [6.07, 6.45) is 0.710. The highest BCUT2D eigenvalue weighted by molar-refractivity contribution is 6.21. The van der Waals surface area contributed by atoms with Gasteiger partial charge < -0.3 is 20.4 Å². The van der Waals surface area contributed by atoms with Crippen molar-refractivity contribution in [1.82, 2.24) is 25.3 Å². The molecule has 0 spiro atoms. The van der Waals surface area contributed by atoms with Gasteiger partial charge in [-0.3, -0.25) is 19.2 Å². The molecule has 0 radical (unpaired) electrons. The molecule has 238 valence electrons. The maximum atomic E-state index is 14.3. The zero-order chi connectivity index (χ0) is 32.5. The van der Waals surface area contributed by atoms with Crippen LogP contribution < -0.4 is 10.6 Å². The van der Waals surface area contributed by atoms with Crippen molar-refractivity contribution in [3.63, 3.8) is 0 Å². The summed E-state index contributed by atoms with van der Waals surface area (Å²) in [7, 11) is 1.67. The molecule has 5 atom stereocenters. The largest absolute Gasteiger partial charge is 0.330 e. The van der Waals surface area contributed by atoms with Crippen LogP contribution in [0.2, 0.25) is 0 Å². The third-order valence-electron chi connectivity index (χ3n) is 9.27. The summed E-state index contributed by atoms with van der Waals surface area (Å²) < 4.78 is 0. The molecule has 3 amide bonds. The van der Waals surface area contributed by atoms with Crippen LogP contribution in [0, 0.1) is 5.41 Å². The first-order valence-electron chi connectivity index (χ1n) is 15.4. The quantitative estimate of drug-likeness (QED) is 0.202. The molecule has 2 aliphatic rings. The van der Waals surface area contributed by atoms with Crippen LogP contribution in [-0.2, 0) is 32.0 Å². The molecular weight excluding hydrogens is 590 g/mol. The summed E-state index contributed by atoms with van der Waals surface area (Å²) in [4.78, 5) is 59.7. The highest BCUT2D eigenvalue weighted by Crippen LogP contribution is 2.40. The van der Waals surface area contributed by atoms with Crippen molar-refractivity contribution < 1.29 is 19.2 Å². The van der Waals surface area contributed by atoms with Crippen LogP contribution in [0.15, 0.2) is 72.8 Å². The molecule has 2 heterocycles. The van der Waals surface area contributed by atoms with Gasteiger partial charge in [0.25, 0.3) is 0 Å². The van der Waals surface area contributed by atoms with Gasteiger partial charge in [-0.1, -0.05) is 105 Å². The Morgan fingerprint density at radius 1 is 1.00 bits per heavy atom. The van der Waals surface area contributed by atoms with Crippen LogP contribution in [0.25, 0.3) is 10.8 Å². The highest BCUT2D eigenvalue weighted by Gasteiger charge is 2.60. The number of hydrogen-bond donors (Lipinski definition) is 2. The number of likely N-dealkylation sites (N-methyl/N-ethyl adjacent to an activating group) is 1. The first-order chi connectivity index (χ1) is 21.4. The molecule has 0 aliphatic carbocycles. The minimum atomic E-state index is -1.55. The van der Waals surface area contributed by atoms with E-state index in [2.05, 4.69) is 10.6 Å². The van der Waals surface area contributed by atoms with E-state index in [-0.39, 0.29) is 37.2 Å². The van der Waals surface area contributed by atoms with E-state index in [9.17, 15) is 19.2 Å². The Morgan fingerprint density at radius 2 is 1.67 bits per heavy atom. The molecule has 1 unspecified atom stereocenters. The fraction of sp³-hybridized carbons (Fsp3) is 0.429. The van der Waals surface area contributed by atoms with Crippen molar-refractivity contribution in [2.75, 3.05) is 20.1 Å². The molecule has 2 fully saturated rings. The van der Waals surface area contributed by atoms with Gasteiger partial charge in [0, 0.05) is 18.3 Å². The van der Waals surface area contributed by atoms with Crippen LogP contribution in [-0.4, -0.2) is 88.3 Å². The fourth-order valence-electron chi connectivity index (χ4n) is 6.49. The molecule has 0 bridgehead atoms. The Balaban J connectivity index is 1.57. The number of fused-ring (bicyclic) bond motifs is 2. The summed E-state index contributed by atoms with van der Waals surface area (Å²) in [5.41, 5.74) is -1.19. The number of aldehydes is 1. The lowest BCUT2D eigenvalue weighted by molar-refractivity contribution is -0.161. The number of rotatable bonds is 10. The van der Waals surface area contributed by atoms with Crippen LogP contribution in [0.3, 0.4) is 0 Å². The first kappa shape index (κ1) is 32.6. The molecule has 9 nitrogen and oxygen atoms in total. The Labute approximate surface area is 269 Å². The molecule has 3 aromatic carbocycles. The molecule has 10 heteroatoms. The molecule has 5 rings (SSSR count). The van der Waals surface area contributed by atoms with E-state index in [1.54, 1.807) is 28.7 Å². The Hall–Kier alpha value is -3.79. The maximum absolute atomic E-state index is 14.3. The van der Waals surface area contributed by atoms with E-state index >= 15 is 0 Å². The number of alkyl halides is 1. The molecule has 0 aromatic heterocycles. The van der Waals surface area contributed by atoms with Crippen molar-refractivity contribution in [3.05, 3.63) is 83.9 Å². The second-order valence-electron chi connectivity index (χ2n) is 13.1. The molecule has 2 aliphatic heterocycles. The predicted molar refractivity (Wildman–Crippen MR) is 175 cm³/mol. The van der Waals surface area contributed by atoms with Crippen molar-refractivity contribution in [1.29, 1.82) is 0 Å². The van der Waals surface area contributed by atoms with E-state index in [4.69, 9.17) is 11.6 Å². The monoisotopic (exact) mass is 631 g/mol. The van der Waals surface area contributed by atoms with Crippen LogP contribution in [0.4, 0.5) is 0 Å². The number of nitrogens with zero attached hydrogens (tertiary/aromatic N) is 3. The minimum absolute atomic E-state index is 0.0862. The predicted octanol–water partition coefficient (Wildman–Crippen LogP) is 3.54. The van der Waals surface area contributed by atoms with Crippen molar-refractivity contribution in [3.8, 4) is 0 Å². The van der Waals surface area contributed by atoms with E-state index < -0.39 is 34.8 Å². The molecule has 45 heavy (non-hydrogen) atoms. The summed E-state index contributed by atoms with van der Waals surface area (Å²) >= 11 is 7.03. The number of nitrogens with one attached hydrogen (secondary N) is 2. The van der Waals surface area contributed by atoms with E-state index in [1.165, 1.54) is 0 Å². The van der Waals surface area contributed by atoms with E-state index in [1.807, 2.05) is 93.6 Å². The second-order valence-corrected chi connectivity index (χ2v) is 13.6. The van der Waals surface area contributed by atoms with Gasteiger partial charge in [0.1, 0.15) is 17.7 Å². The van der Waals surface area contributed by atoms with Gasteiger partial charge in [0.15, 0.2) is 11.9 Å². The zero-order valence-electron chi connectivity index (χ0n) is 26.5.